The topological polar surface area (TPSA) is 58.1 Å². The zero-order valence-corrected chi connectivity index (χ0v) is 17.8. The van der Waals surface area contributed by atoms with Crippen LogP contribution in [-0.2, 0) is 13.0 Å². The fraction of sp³-hybridized carbons (Fsp3) is 0.286. The molecule has 0 fully saturated rings. The number of hydrogen-bond donors (Lipinski definition) is 1. The number of amides is 1. The van der Waals surface area contributed by atoms with Gasteiger partial charge in [0, 0.05) is 35.5 Å². The number of aryl methyl sites for hydroxylation is 2. The molecule has 2 aromatic heterocycles. The van der Waals surface area contributed by atoms with Crippen molar-refractivity contribution in [1.29, 1.82) is 0 Å². The molecular formula is C21H22N4OS2. The first kappa shape index (κ1) is 19.1. The van der Waals surface area contributed by atoms with Crippen molar-refractivity contribution in [3.8, 4) is 0 Å². The number of benzene rings is 1. The van der Waals surface area contributed by atoms with Gasteiger partial charge in [-0.2, -0.15) is 0 Å². The van der Waals surface area contributed by atoms with E-state index in [-0.39, 0.29) is 5.91 Å². The lowest BCUT2D eigenvalue weighted by atomic mass is 10.1. The lowest BCUT2D eigenvalue weighted by Crippen LogP contribution is -2.25. The lowest BCUT2D eigenvalue weighted by molar-refractivity contribution is 0.102. The van der Waals surface area contributed by atoms with Gasteiger partial charge in [0.05, 0.1) is 11.3 Å². The van der Waals surface area contributed by atoms with Crippen LogP contribution in [0.3, 0.4) is 0 Å². The summed E-state index contributed by atoms with van der Waals surface area (Å²) in [6.07, 6.45) is 2.65. The third-order valence-electron chi connectivity index (χ3n) is 4.85. The van der Waals surface area contributed by atoms with E-state index in [9.17, 15) is 4.79 Å². The van der Waals surface area contributed by atoms with Gasteiger partial charge in [0.15, 0.2) is 5.13 Å². The van der Waals surface area contributed by atoms with Gasteiger partial charge in [-0.15, -0.1) is 11.3 Å². The maximum absolute atomic E-state index is 12.9. The molecule has 0 aliphatic carbocycles. The van der Waals surface area contributed by atoms with Gasteiger partial charge in [-0.25, -0.2) is 9.97 Å². The van der Waals surface area contributed by atoms with E-state index in [4.69, 9.17) is 0 Å². The van der Waals surface area contributed by atoms with E-state index in [0.29, 0.717) is 15.7 Å². The zero-order valence-electron chi connectivity index (χ0n) is 16.2. The molecule has 0 unspecified atom stereocenters. The predicted molar refractivity (Wildman–Crippen MR) is 114 cm³/mol. The van der Waals surface area contributed by atoms with Gasteiger partial charge < -0.3 is 4.90 Å². The number of carbonyl (C=O) groups is 1. The maximum Gasteiger partial charge on any atom is 0.260 e. The summed E-state index contributed by atoms with van der Waals surface area (Å²) < 4.78 is 0. The normalized spacial score (nSPS) is 14.0. The first-order valence-electron chi connectivity index (χ1n) is 9.18. The van der Waals surface area contributed by atoms with Crippen LogP contribution in [0.1, 0.15) is 32.1 Å². The molecule has 0 radical (unpaired) electrons. The summed E-state index contributed by atoms with van der Waals surface area (Å²) >= 11 is 3.07. The Morgan fingerprint density at radius 1 is 1.25 bits per heavy atom. The van der Waals surface area contributed by atoms with Crippen molar-refractivity contribution in [2.75, 3.05) is 18.9 Å². The second-order valence-corrected chi connectivity index (χ2v) is 9.18. The molecule has 1 aromatic carbocycles. The van der Waals surface area contributed by atoms with Crippen LogP contribution in [0.2, 0.25) is 0 Å². The smallest absolute Gasteiger partial charge is 0.260 e. The summed E-state index contributed by atoms with van der Waals surface area (Å²) in [6.45, 7) is 6.08. The van der Waals surface area contributed by atoms with E-state index in [1.54, 1.807) is 23.6 Å². The minimum absolute atomic E-state index is 0.168. The van der Waals surface area contributed by atoms with Crippen molar-refractivity contribution < 1.29 is 4.79 Å². The van der Waals surface area contributed by atoms with Crippen LogP contribution < -0.4 is 5.32 Å². The van der Waals surface area contributed by atoms with E-state index in [0.717, 1.165) is 30.1 Å². The van der Waals surface area contributed by atoms with Crippen LogP contribution in [0.4, 0.5) is 5.13 Å². The van der Waals surface area contributed by atoms with E-state index in [2.05, 4.69) is 59.3 Å². The molecule has 144 valence electrons. The lowest BCUT2D eigenvalue weighted by Gasteiger charge is -2.20. The highest BCUT2D eigenvalue weighted by Crippen LogP contribution is 2.31. The van der Waals surface area contributed by atoms with Crippen LogP contribution in [0.15, 0.2) is 46.5 Å². The number of nitrogens with zero attached hydrogens (tertiary/aromatic N) is 3. The number of thiazole rings is 1. The molecule has 3 aromatic rings. The van der Waals surface area contributed by atoms with Gasteiger partial charge in [-0.05, 0) is 56.3 Å². The van der Waals surface area contributed by atoms with Crippen LogP contribution in [-0.4, -0.2) is 34.4 Å². The quantitative estimate of drug-likeness (QED) is 0.684. The molecule has 1 N–H and O–H groups in total. The van der Waals surface area contributed by atoms with E-state index in [1.165, 1.54) is 27.8 Å². The van der Waals surface area contributed by atoms with E-state index in [1.807, 2.05) is 6.07 Å². The molecule has 1 amide bonds. The SMILES string of the molecule is Cc1ccc(Sc2ncccc2C(=O)Nc2nc3c(s2)CN(C)CC3)cc1C. The molecule has 0 bridgehead atoms. The minimum atomic E-state index is -0.168. The number of anilines is 1. The Morgan fingerprint density at radius 3 is 2.93 bits per heavy atom. The molecule has 0 saturated heterocycles. The largest absolute Gasteiger partial charge is 0.301 e. The maximum atomic E-state index is 12.9. The van der Waals surface area contributed by atoms with E-state index < -0.39 is 0 Å². The first-order chi connectivity index (χ1) is 13.5. The number of rotatable bonds is 4. The molecule has 7 heteroatoms. The summed E-state index contributed by atoms with van der Waals surface area (Å²) in [7, 11) is 2.10. The van der Waals surface area contributed by atoms with Crippen molar-refractivity contribution in [2.24, 2.45) is 0 Å². The molecule has 28 heavy (non-hydrogen) atoms. The Hall–Kier alpha value is -2.22. The fourth-order valence-electron chi connectivity index (χ4n) is 3.08. The third kappa shape index (κ3) is 4.11. The average molecular weight is 411 g/mol. The summed E-state index contributed by atoms with van der Waals surface area (Å²) in [4.78, 5) is 26.6. The van der Waals surface area contributed by atoms with Crippen molar-refractivity contribution >= 4 is 34.1 Å². The fourth-order valence-corrected chi connectivity index (χ4v) is 5.14. The van der Waals surface area contributed by atoms with Gasteiger partial charge >= 0.3 is 0 Å². The van der Waals surface area contributed by atoms with Gasteiger partial charge in [-0.1, -0.05) is 17.8 Å². The summed E-state index contributed by atoms with van der Waals surface area (Å²) in [5, 5.41) is 4.34. The molecule has 0 saturated carbocycles. The first-order valence-corrected chi connectivity index (χ1v) is 10.8. The number of nitrogens with one attached hydrogen (secondary N) is 1. The van der Waals surface area contributed by atoms with Crippen LogP contribution in [0, 0.1) is 13.8 Å². The molecule has 1 aliphatic heterocycles. The summed E-state index contributed by atoms with van der Waals surface area (Å²) in [6, 6.07) is 9.89. The molecule has 0 spiro atoms. The van der Waals surface area contributed by atoms with Crippen LogP contribution in [0.25, 0.3) is 0 Å². The molecule has 5 nitrogen and oxygen atoms in total. The average Bonchev–Trinajstić information content (AvgIpc) is 3.06. The number of likely N-dealkylation sites (N-methyl/N-ethyl adjacent to an activating group) is 1. The Bertz CT molecular complexity index is 1030. The van der Waals surface area contributed by atoms with Crippen molar-refractivity contribution in [2.45, 2.75) is 36.7 Å². The highest BCUT2D eigenvalue weighted by atomic mass is 32.2. The number of hydrogen-bond acceptors (Lipinski definition) is 6. The Kier molecular flexibility index (Phi) is 5.48. The van der Waals surface area contributed by atoms with Gasteiger partial charge in [0.25, 0.3) is 5.91 Å². The number of pyridine rings is 1. The van der Waals surface area contributed by atoms with Crippen molar-refractivity contribution in [3.63, 3.8) is 0 Å². The molecule has 1 aliphatic rings. The number of fused-ring (bicyclic) bond motifs is 1. The Morgan fingerprint density at radius 2 is 2.11 bits per heavy atom. The Labute approximate surface area is 173 Å². The van der Waals surface area contributed by atoms with Gasteiger partial charge in [0.1, 0.15) is 5.03 Å². The Balaban J connectivity index is 1.54. The number of carbonyl (C=O) groups excluding carboxylic acids is 1. The molecule has 3 heterocycles. The molecule has 0 atom stereocenters. The zero-order chi connectivity index (χ0) is 19.7. The van der Waals surface area contributed by atoms with Gasteiger partial charge in [0.2, 0.25) is 0 Å². The standard InChI is InChI=1S/C21H22N4OS2/c1-13-6-7-15(11-14(13)2)27-20-16(5-4-9-22-20)19(26)24-21-23-17-8-10-25(3)12-18(17)28-21/h4-7,9,11H,8,10,12H2,1-3H3,(H,23,24,26). The summed E-state index contributed by atoms with van der Waals surface area (Å²) in [5.41, 5.74) is 4.15. The number of aromatic nitrogens is 2. The monoisotopic (exact) mass is 410 g/mol. The second kappa shape index (κ2) is 8.03. The van der Waals surface area contributed by atoms with Crippen molar-refractivity contribution in [1.82, 2.24) is 14.9 Å². The third-order valence-corrected chi connectivity index (χ3v) is 6.86. The molecule has 4 rings (SSSR count). The highest BCUT2D eigenvalue weighted by molar-refractivity contribution is 7.99. The second-order valence-electron chi connectivity index (χ2n) is 7.04. The van der Waals surface area contributed by atoms with Crippen molar-refractivity contribution in [3.05, 3.63) is 63.8 Å². The highest BCUT2D eigenvalue weighted by Gasteiger charge is 2.20. The van der Waals surface area contributed by atoms with Gasteiger partial charge in [-0.3, -0.25) is 10.1 Å². The van der Waals surface area contributed by atoms with Crippen LogP contribution in [0.5, 0.6) is 0 Å². The summed E-state index contributed by atoms with van der Waals surface area (Å²) in [5.74, 6) is -0.168. The molecular weight excluding hydrogens is 388 g/mol. The minimum Gasteiger partial charge on any atom is -0.301 e. The van der Waals surface area contributed by atoms with E-state index >= 15 is 0 Å². The predicted octanol–water partition coefficient (Wildman–Crippen LogP) is 4.55. The van der Waals surface area contributed by atoms with Crippen LogP contribution >= 0.6 is 23.1 Å².